The molecule has 1 aromatic rings. The largest absolute Gasteiger partial charge is 0.479 e. The van der Waals surface area contributed by atoms with Gasteiger partial charge in [0.15, 0.2) is 0 Å². The van der Waals surface area contributed by atoms with E-state index in [1.165, 1.54) is 23.7 Å². The van der Waals surface area contributed by atoms with Crippen LogP contribution in [0.2, 0.25) is 0 Å². The van der Waals surface area contributed by atoms with Crippen LogP contribution >= 0.6 is 0 Å². The normalized spacial score (nSPS) is 26.1. The highest BCUT2D eigenvalue weighted by Gasteiger charge is 2.46. The molecule has 0 spiro atoms. The molecule has 3 rings (SSSR count). The SMILES string of the molecule is COc1cc(C(=O)N2C[C@H]3CCN(S(C)(=O)=O)[C@H]3C2)on1. The molecule has 2 atom stereocenters. The Bertz CT molecular complexity index is 656. The molecule has 0 aromatic carbocycles. The van der Waals surface area contributed by atoms with E-state index in [0.717, 1.165) is 6.42 Å². The van der Waals surface area contributed by atoms with Crippen molar-refractivity contribution in [2.45, 2.75) is 12.5 Å². The monoisotopic (exact) mass is 315 g/mol. The molecule has 0 radical (unpaired) electrons. The average molecular weight is 315 g/mol. The van der Waals surface area contributed by atoms with Crippen LogP contribution in [-0.4, -0.2) is 67.7 Å². The number of carbonyl (C=O) groups is 1. The lowest BCUT2D eigenvalue weighted by molar-refractivity contribution is 0.0736. The summed E-state index contributed by atoms with van der Waals surface area (Å²) in [6, 6.07) is 1.30. The lowest BCUT2D eigenvalue weighted by atomic mass is 10.1. The highest BCUT2D eigenvalue weighted by atomic mass is 32.2. The summed E-state index contributed by atoms with van der Waals surface area (Å²) in [7, 11) is -1.79. The van der Waals surface area contributed by atoms with Crippen molar-refractivity contribution in [2.75, 3.05) is 33.0 Å². The molecule has 116 valence electrons. The molecular formula is C12H17N3O5S. The number of carbonyl (C=O) groups excluding carboxylic acids is 1. The summed E-state index contributed by atoms with van der Waals surface area (Å²) in [4.78, 5) is 14.0. The van der Waals surface area contributed by atoms with E-state index in [0.29, 0.717) is 19.6 Å². The molecule has 21 heavy (non-hydrogen) atoms. The number of hydrogen-bond donors (Lipinski definition) is 0. The number of nitrogens with zero attached hydrogens (tertiary/aromatic N) is 3. The van der Waals surface area contributed by atoms with Gasteiger partial charge in [-0.2, -0.15) is 4.31 Å². The van der Waals surface area contributed by atoms with Crippen molar-refractivity contribution >= 4 is 15.9 Å². The van der Waals surface area contributed by atoms with Gasteiger partial charge in [0, 0.05) is 25.7 Å². The van der Waals surface area contributed by atoms with Crippen molar-refractivity contribution < 1.29 is 22.5 Å². The minimum absolute atomic E-state index is 0.109. The lowest BCUT2D eigenvalue weighted by Crippen LogP contribution is -2.40. The van der Waals surface area contributed by atoms with Gasteiger partial charge in [0.2, 0.25) is 15.8 Å². The first-order chi connectivity index (χ1) is 9.90. The van der Waals surface area contributed by atoms with Gasteiger partial charge < -0.3 is 14.2 Å². The first kappa shape index (κ1) is 14.3. The van der Waals surface area contributed by atoms with Crippen LogP contribution in [0.5, 0.6) is 5.88 Å². The maximum atomic E-state index is 12.3. The maximum absolute atomic E-state index is 12.3. The summed E-state index contributed by atoms with van der Waals surface area (Å²) in [5.74, 6) is 0.260. The van der Waals surface area contributed by atoms with Crippen molar-refractivity contribution in [1.82, 2.24) is 14.4 Å². The van der Waals surface area contributed by atoms with Gasteiger partial charge >= 0.3 is 0 Å². The number of rotatable bonds is 3. The summed E-state index contributed by atoms with van der Waals surface area (Å²) in [5.41, 5.74) is 0. The van der Waals surface area contributed by atoms with Crippen molar-refractivity contribution in [3.05, 3.63) is 11.8 Å². The van der Waals surface area contributed by atoms with Gasteiger partial charge in [-0.3, -0.25) is 4.79 Å². The second kappa shape index (κ2) is 4.99. The zero-order valence-electron chi connectivity index (χ0n) is 11.9. The fraction of sp³-hybridized carbons (Fsp3) is 0.667. The van der Waals surface area contributed by atoms with Crippen molar-refractivity contribution in [2.24, 2.45) is 5.92 Å². The molecule has 3 heterocycles. The molecule has 1 amide bonds. The number of likely N-dealkylation sites (tertiary alicyclic amines) is 1. The third-order valence-corrected chi connectivity index (χ3v) is 5.42. The van der Waals surface area contributed by atoms with Crippen LogP contribution in [0.3, 0.4) is 0 Å². The number of aromatic nitrogens is 1. The first-order valence-corrected chi connectivity index (χ1v) is 8.52. The Morgan fingerprint density at radius 2 is 2.24 bits per heavy atom. The second-order valence-electron chi connectivity index (χ2n) is 5.43. The van der Waals surface area contributed by atoms with Gasteiger partial charge in [0.05, 0.1) is 19.4 Å². The smallest absolute Gasteiger partial charge is 0.292 e. The van der Waals surface area contributed by atoms with E-state index in [-0.39, 0.29) is 29.5 Å². The first-order valence-electron chi connectivity index (χ1n) is 6.67. The third kappa shape index (κ3) is 2.51. The predicted octanol–water partition coefficient (Wildman–Crippen LogP) is -0.211. The average Bonchev–Trinajstić information content (AvgIpc) is 3.10. The standard InChI is InChI=1S/C12H17N3O5S/c1-19-11-5-10(20-13-11)12(16)14-6-8-3-4-15(9(8)7-14)21(2,17)18/h5,8-9H,3-4,6-7H2,1-2H3/t8-,9+/m1/s1. The highest BCUT2D eigenvalue weighted by molar-refractivity contribution is 7.88. The molecule has 2 aliphatic heterocycles. The Hall–Kier alpha value is -1.61. The van der Waals surface area contributed by atoms with E-state index in [9.17, 15) is 13.2 Å². The quantitative estimate of drug-likeness (QED) is 0.766. The zero-order valence-corrected chi connectivity index (χ0v) is 12.7. The molecule has 2 aliphatic rings. The number of sulfonamides is 1. The van der Waals surface area contributed by atoms with E-state index in [4.69, 9.17) is 9.26 Å². The molecule has 9 heteroatoms. The number of hydrogen-bond acceptors (Lipinski definition) is 6. The van der Waals surface area contributed by atoms with E-state index >= 15 is 0 Å². The number of fused-ring (bicyclic) bond motifs is 1. The van der Waals surface area contributed by atoms with Gasteiger partial charge in [-0.25, -0.2) is 8.42 Å². The van der Waals surface area contributed by atoms with E-state index < -0.39 is 10.0 Å². The van der Waals surface area contributed by atoms with Crippen LogP contribution in [-0.2, 0) is 10.0 Å². The van der Waals surface area contributed by atoms with Crippen LogP contribution in [0.1, 0.15) is 17.0 Å². The Labute approximate surface area is 122 Å². The van der Waals surface area contributed by atoms with Crippen LogP contribution in [0, 0.1) is 5.92 Å². The summed E-state index contributed by atoms with van der Waals surface area (Å²) in [6.45, 7) is 1.46. The molecule has 2 saturated heterocycles. The number of ether oxygens (including phenoxy) is 1. The fourth-order valence-corrected chi connectivity index (χ4v) is 4.28. The molecule has 0 saturated carbocycles. The molecule has 0 N–H and O–H groups in total. The topological polar surface area (TPSA) is 93.0 Å². The summed E-state index contributed by atoms with van der Waals surface area (Å²) < 4.78 is 34.8. The van der Waals surface area contributed by atoms with Crippen LogP contribution in [0.4, 0.5) is 0 Å². The van der Waals surface area contributed by atoms with E-state index in [1.807, 2.05) is 0 Å². The van der Waals surface area contributed by atoms with E-state index in [2.05, 4.69) is 5.16 Å². The summed E-state index contributed by atoms with van der Waals surface area (Å²) >= 11 is 0. The van der Waals surface area contributed by atoms with Crippen molar-refractivity contribution in [3.8, 4) is 5.88 Å². The Morgan fingerprint density at radius 3 is 2.86 bits per heavy atom. The molecular weight excluding hydrogens is 298 g/mol. The maximum Gasteiger partial charge on any atom is 0.292 e. The summed E-state index contributed by atoms with van der Waals surface area (Å²) in [6.07, 6.45) is 1.99. The van der Waals surface area contributed by atoms with Crippen LogP contribution < -0.4 is 4.74 Å². The number of methoxy groups -OCH3 is 1. The second-order valence-corrected chi connectivity index (χ2v) is 7.37. The van der Waals surface area contributed by atoms with Crippen LogP contribution in [0.15, 0.2) is 10.6 Å². The van der Waals surface area contributed by atoms with E-state index in [1.54, 1.807) is 4.90 Å². The van der Waals surface area contributed by atoms with Gasteiger partial charge in [-0.1, -0.05) is 0 Å². The number of amides is 1. The Morgan fingerprint density at radius 1 is 1.48 bits per heavy atom. The van der Waals surface area contributed by atoms with Crippen LogP contribution in [0.25, 0.3) is 0 Å². The minimum Gasteiger partial charge on any atom is -0.479 e. The Balaban J connectivity index is 1.74. The Kier molecular flexibility index (Phi) is 3.40. The highest BCUT2D eigenvalue weighted by Crippen LogP contribution is 2.33. The lowest BCUT2D eigenvalue weighted by Gasteiger charge is -2.22. The minimum atomic E-state index is -3.23. The molecule has 0 unspecified atom stereocenters. The zero-order chi connectivity index (χ0) is 15.2. The van der Waals surface area contributed by atoms with Gasteiger partial charge in [-0.15, -0.1) is 0 Å². The summed E-state index contributed by atoms with van der Waals surface area (Å²) in [5, 5.41) is 3.60. The predicted molar refractivity (Wildman–Crippen MR) is 72.4 cm³/mol. The fourth-order valence-electron chi connectivity index (χ4n) is 3.11. The molecule has 0 aliphatic carbocycles. The molecule has 8 nitrogen and oxygen atoms in total. The molecule has 1 aromatic heterocycles. The van der Waals surface area contributed by atoms with Gasteiger partial charge in [-0.05, 0) is 17.5 Å². The molecule has 2 fully saturated rings. The molecule has 0 bridgehead atoms. The van der Waals surface area contributed by atoms with Gasteiger partial charge in [0.1, 0.15) is 0 Å². The van der Waals surface area contributed by atoms with Crippen molar-refractivity contribution in [3.63, 3.8) is 0 Å². The third-order valence-electron chi connectivity index (χ3n) is 4.12. The van der Waals surface area contributed by atoms with Crippen molar-refractivity contribution in [1.29, 1.82) is 0 Å². The van der Waals surface area contributed by atoms with Gasteiger partial charge in [0.25, 0.3) is 11.8 Å².